The lowest BCUT2D eigenvalue weighted by molar-refractivity contribution is 0.306. The molecule has 2 aromatic heterocycles. The van der Waals surface area contributed by atoms with E-state index in [0.717, 1.165) is 22.8 Å². The summed E-state index contributed by atoms with van der Waals surface area (Å²) in [7, 11) is 0. The van der Waals surface area contributed by atoms with Crippen molar-refractivity contribution in [1.82, 2.24) is 15.2 Å². The van der Waals surface area contributed by atoms with Crippen molar-refractivity contribution in [2.24, 2.45) is 0 Å². The molecule has 2 heterocycles. The fourth-order valence-electron chi connectivity index (χ4n) is 2.54. The molecule has 0 saturated carbocycles. The number of benzene rings is 2. The largest absolute Gasteiger partial charge is 0.489 e. The van der Waals surface area contributed by atoms with E-state index in [4.69, 9.17) is 9.15 Å². The van der Waals surface area contributed by atoms with E-state index in [1.54, 1.807) is 12.5 Å². The molecule has 0 aliphatic heterocycles. The number of rotatable bonds is 8. The number of nitrogens with zero attached hydrogens (tertiary/aromatic N) is 3. The fourth-order valence-corrected chi connectivity index (χ4v) is 2.54. The second-order valence-corrected chi connectivity index (χ2v) is 6.02. The van der Waals surface area contributed by atoms with Crippen molar-refractivity contribution in [2.45, 2.75) is 13.2 Å². The van der Waals surface area contributed by atoms with Crippen LogP contribution >= 0.6 is 0 Å². The molecule has 0 amide bonds. The maximum atomic E-state index is 5.79. The lowest BCUT2D eigenvalue weighted by Gasteiger charge is -2.09. The molecule has 0 aliphatic rings. The monoisotopic (exact) mass is 373 g/mol. The van der Waals surface area contributed by atoms with Crippen molar-refractivity contribution in [3.8, 4) is 5.75 Å². The van der Waals surface area contributed by atoms with Gasteiger partial charge in [0.2, 0.25) is 5.95 Å². The molecule has 28 heavy (non-hydrogen) atoms. The molecular weight excluding hydrogens is 354 g/mol. The summed E-state index contributed by atoms with van der Waals surface area (Å²) in [6.45, 7) is 1.06. The third-order valence-corrected chi connectivity index (χ3v) is 3.94. The maximum Gasteiger partial charge on any atom is 0.249 e. The quantitative estimate of drug-likeness (QED) is 0.473. The number of furan rings is 1. The highest BCUT2D eigenvalue weighted by atomic mass is 16.5. The van der Waals surface area contributed by atoms with E-state index in [-0.39, 0.29) is 0 Å². The molecule has 2 N–H and O–H groups in total. The smallest absolute Gasteiger partial charge is 0.249 e. The number of aromatic nitrogens is 3. The van der Waals surface area contributed by atoms with Crippen LogP contribution in [0.5, 0.6) is 5.75 Å². The summed E-state index contributed by atoms with van der Waals surface area (Å²) in [6.07, 6.45) is 3.20. The minimum atomic E-state index is 0.405. The molecule has 0 bridgehead atoms. The molecule has 0 unspecified atom stereocenters. The first-order chi connectivity index (χ1) is 13.8. The SMILES string of the molecule is c1ccc(COc2ccc(Nc3nncc(NCc4ccco4)n3)cc2)cc1. The van der Waals surface area contributed by atoms with Gasteiger partial charge in [-0.25, -0.2) is 0 Å². The fraction of sp³-hybridized carbons (Fsp3) is 0.0952. The van der Waals surface area contributed by atoms with Gasteiger partial charge in [0.15, 0.2) is 5.82 Å². The normalized spacial score (nSPS) is 10.4. The Bertz CT molecular complexity index is 989. The van der Waals surface area contributed by atoms with E-state index in [1.807, 2.05) is 66.7 Å². The first-order valence-electron chi connectivity index (χ1n) is 8.85. The third-order valence-electron chi connectivity index (χ3n) is 3.94. The van der Waals surface area contributed by atoms with Gasteiger partial charge in [-0.2, -0.15) is 10.1 Å². The van der Waals surface area contributed by atoms with Gasteiger partial charge in [-0.3, -0.25) is 0 Å². The average molecular weight is 373 g/mol. The van der Waals surface area contributed by atoms with E-state index in [0.29, 0.717) is 24.9 Å². The van der Waals surface area contributed by atoms with Crippen LogP contribution in [-0.2, 0) is 13.2 Å². The van der Waals surface area contributed by atoms with Gasteiger partial charge in [0, 0.05) is 5.69 Å². The molecule has 7 nitrogen and oxygen atoms in total. The van der Waals surface area contributed by atoms with Crippen LogP contribution in [0.1, 0.15) is 11.3 Å². The molecule has 0 fully saturated rings. The summed E-state index contributed by atoms with van der Waals surface area (Å²) >= 11 is 0. The van der Waals surface area contributed by atoms with Crippen LogP contribution in [0.15, 0.2) is 83.6 Å². The molecule has 140 valence electrons. The Morgan fingerprint density at radius 3 is 2.57 bits per heavy atom. The predicted octanol–water partition coefficient (Wildman–Crippen LogP) is 4.40. The Morgan fingerprint density at radius 1 is 0.929 bits per heavy atom. The molecule has 4 aromatic rings. The van der Waals surface area contributed by atoms with E-state index in [9.17, 15) is 0 Å². The van der Waals surface area contributed by atoms with Crippen LogP contribution in [0.25, 0.3) is 0 Å². The lowest BCUT2D eigenvalue weighted by Crippen LogP contribution is -2.05. The molecule has 0 radical (unpaired) electrons. The first-order valence-corrected chi connectivity index (χ1v) is 8.85. The average Bonchev–Trinajstić information content (AvgIpc) is 3.27. The third kappa shape index (κ3) is 4.85. The number of hydrogen-bond donors (Lipinski definition) is 2. The van der Waals surface area contributed by atoms with Crippen molar-refractivity contribution < 1.29 is 9.15 Å². The second-order valence-electron chi connectivity index (χ2n) is 6.02. The Morgan fingerprint density at radius 2 is 1.79 bits per heavy atom. The van der Waals surface area contributed by atoms with Crippen molar-refractivity contribution in [3.05, 3.63) is 90.5 Å². The highest BCUT2D eigenvalue weighted by Crippen LogP contribution is 2.19. The van der Waals surface area contributed by atoms with Gasteiger partial charge in [-0.15, -0.1) is 5.10 Å². The number of nitrogens with one attached hydrogen (secondary N) is 2. The Labute approximate surface area is 162 Å². The molecule has 2 aromatic carbocycles. The minimum Gasteiger partial charge on any atom is -0.489 e. The minimum absolute atomic E-state index is 0.405. The van der Waals surface area contributed by atoms with E-state index in [2.05, 4.69) is 25.8 Å². The van der Waals surface area contributed by atoms with E-state index < -0.39 is 0 Å². The van der Waals surface area contributed by atoms with Crippen LogP contribution in [0.2, 0.25) is 0 Å². The lowest BCUT2D eigenvalue weighted by atomic mass is 10.2. The highest BCUT2D eigenvalue weighted by molar-refractivity contribution is 5.55. The molecule has 0 spiro atoms. The van der Waals surface area contributed by atoms with Crippen molar-refractivity contribution in [1.29, 1.82) is 0 Å². The predicted molar refractivity (Wildman–Crippen MR) is 106 cm³/mol. The van der Waals surface area contributed by atoms with Gasteiger partial charge in [0.1, 0.15) is 18.1 Å². The zero-order chi connectivity index (χ0) is 19.0. The Hall–Kier alpha value is -3.87. The zero-order valence-electron chi connectivity index (χ0n) is 15.1. The molecule has 0 saturated heterocycles. The maximum absolute atomic E-state index is 5.79. The Kier molecular flexibility index (Phi) is 5.44. The van der Waals surface area contributed by atoms with Gasteiger partial charge in [-0.1, -0.05) is 30.3 Å². The van der Waals surface area contributed by atoms with E-state index in [1.165, 1.54) is 0 Å². The summed E-state index contributed by atoms with van der Waals surface area (Å²) in [5.74, 6) is 2.63. The van der Waals surface area contributed by atoms with Crippen LogP contribution < -0.4 is 15.4 Å². The molecule has 7 heteroatoms. The van der Waals surface area contributed by atoms with Gasteiger partial charge in [0.05, 0.1) is 19.0 Å². The second kappa shape index (κ2) is 8.68. The Balaban J connectivity index is 1.33. The first kappa shape index (κ1) is 17.5. The summed E-state index contributed by atoms with van der Waals surface area (Å²) in [4.78, 5) is 4.40. The molecule has 0 atom stereocenters. The topological polar surface area (TPSA) is 85.1 Å². The summed E-state index contributed by atoms with van der Waals surface area (Å²) in [5, 5.41) is 14.3. The van der Waals surface area contributed by atoms with Crippen molar-refractivity contribution >= 4 is 17.5 Å². The molecule has 4 rings (SSSR count). The number of ether oxygens (including phenoxy) is 1. The van der Waals surface area contributed by atoms with Crippen molar-refractivity contribution in [3.63, 3.8) is 0 Å². The summed E-state index contributed by atoms with van der Waals surface area (Å²) in [5.41, 5.74) is 1.97. The number of anilines is 3. The summed E-state index contributed by atoms with van der Waals surface area (Å²) < 4.78 is 11.1. The zero-order valence-corrected chi connectivity index (χ0v) is 15.1. The molecule has 0 aliphatic carbocycles. The number of hydrogen-bond acceptors (Lipinski definition) is 7. The van der Waals surface area contributed by atoms with E-state index >= 15 is 0 Å². The standard InChI is InChI=1S/C21H19N5O2/c1-2-5-16(6-3-1)15-28-18-10-8-17(9-11-18)24-21-25-20(14-23-26-21)22-13-19-7-4-12-27-19/h1-12,14H,13,15H2,(H2,22,24,25,26). The van der Waals surface area contributed by atoms with Gasteiger partial charge >= 0.3 is 0 Å². The van der Waals surface area contributed by atoms with Crippen LogP contribution in [0.4, 0.5) is 17.5 Å². The van der Waals surface area contributed by atoms with Crippen LogP contribution in [0, 0.1) is 0 Å². The van der Waals surface area contributed by atoms with Gasteiger partial charge in [-0.05, 0) is 42.0 Å². The molecular formula is C21H19N5O2. The van der Waals surface area contributed by atoms with Gasteiger partial charge in [0.25, 0.3) is 0 Å². The van der Waals surface area contributed by atoms with Crippen molar-refractivity contribution in [2.75, 3.05) is 10.6 Å². The highest BCUT2D eigenvalue weighted by Gasteiger charge is 2.03. The van der Waals surface area contributed by atoms with Crippen LogP contribution in [-0.4, -0.2) is 15.2 Å². The van der Waals surface area contributed by atoms with Crippen LogP contribution in [0.3, 0.4) is 0 Å². The van der Waals surface area contributed by atoms with Gasteiger partial charge < -0.3 is 19.8 Å². The summed E-state index contributed by atoms with van der Waals surface area (Å²) in [6, 6.07) is 21.4.